The molecule has 1 aromatic rings. The lowest BCUT2D eigenvalue weighted by atomic mass is 9.97. The topological polar surface area (TPSA) is 98.7 Å². The van der Waals surface area contributed by atoms with E-state index in [1.54, 1.807) is 29.7 Å². The molecular formula is C20H27N3O4S. The van der Waals surface area contributed by atoms with Crippen molar-refractivity contribution in [3.63, 3.8) is 0 Å². The number of hydrogen-bond donors (Lipinski definition) is 3. The Morgan fingerprint density at radius 2 is 2.00 bits per heavy atom. The average molecular weight is 406 g/mol. The molecule has 3 N–H and O–H groups in total. The first-order chi connectivity index (χ1) is 13.4. The van der Waals surface area contributed by atoms with E-state index in [9.17, 15) is 19.5 Å². The molecule has 7 nitrogen and oxygen atoms in total. The van der Waals surface area contributed by atoms with Gasteiger partial charge in [-0.25, -0.2) is 0 Å². The van der Waals surface area contributed by atoms with Crippen LogP contribution >= 0.6 is 11.8 Å². The van der Waals surface area contributed by atoms with Gasteiger partial charge in [0, 0.05) is 17.4 Å². The molecule has 1 fully saturated rings. The summed E-state index contributed by atoms with van der Waals surface area (Å²) in [4.78, 5) is 40.1. The van der Waals surface area contributed by atoms with Gasteiger partial charge in [-0.15, -0.1) is 11.8 Å². The van der Waals surface area contributed by atoms with Crippen LogP contribution in [0.5, 0.6) is 0 Å². The van der Waals surface area contributed by atoms with E-state index >= 15 is 0 Å². The molecular weight excluding hydrogens is 378 g/mol. The van der Waals surface area contributed by atoms with E-state index in [4.69, 9.17) is 0 Å². The van der Waals surface area contributed by atoms with Crippen LogP contribution in [0.2, 0.25) is 0 Å². The fourth-order valence-corrected chi connectivity index (χ4v) is 5.04. The summed E-state index contributed by atoms with van der Waals surface area (Å²) in [7, 11) is 0. The first-order valence-electron chi connectivity index (χ1n) is 9.63. The van der Waals surface area contributed by atoms with Crippen molar-refractivity contribution in [2.24, 2.45) is 5.92 Å². The van der Waals surface area contributed by atoms with Gasteiger partial charge in [0.05, 0.1) is 6.61 Å². The van der Waals surface area contributed by atoms with Crippen LogP contribution in [0.15, 0.2) is 24.3 Å². The molecule has 1 aromatic carbocycles. The standard InChI is InChI=1S/C20H27N3O4S/c1-4-11(2)16(18(26)21-12(3)9-24)22-17(25)15-10-28-20-14-8-6-5-7-13(14)19(27)23(15)20/h5-8,11-12,15-16,20,24H,4,9-10H2,1-3H3,(H,21,26)(H,22,25)/t11?,12-,15-,16-,20?/m0/s1. The zero-order chi connectivity index (χ0) is 20.4. The number of benzene rings is 1. The summed E-state index contributed by atoms with van der Waals surface area (Å²) >= 11 is 1.57. The quantitative estimate of drug-likeness (QED) is 0.635. The van der Waals surface area contributed by atoms with Gasteiger partial charge in [-0.1, -0.05) is 38.5 Å². The van der Waals surface area contributed by atoms with E-state index in [1.807, 2.05) is 32.0 Å². The number of rotatable bonds is 7. The Balaban J connectivity index is 1.74. The maximum Gasteiger partial charge on any atom is 0.256 e. The summed E-state index contributed by atoms with van der Waals surface area (Å²) in [6.07, 6.45) is 0.710. The predicted octanol–water partition coefficient (Wildman–Crippen LogP) is 1.28. The highest BCUT2D eigenvalue weighted by Gasteiger charge is 2.48. The van der Waals surface area contributed by atoms with E-state index in [0.29, 0.717) is 17.7 Å². The predicted molar refractivity (Wildman–Crippen MR) is 108 cm³/mol. The van der Waals surface area contributed by atoms with Gasteiger partial charge in [0.1, 0.15) is 17.5 Å². The van der Waals surface area contributed by atoms with Crippen molar-refractivity contribution in [1.29, 1.82) is 0 Å². The molecule has 0 aliphatic carbocycles. The average Bonchev–Trinajstić information content (AvgIpc) is 3.25. The molecule has 2 aliphatic rings. The number of nitrogens with zero attached hydrogens (tertiary/aromatic N) is 1. The molecule has 0 spiro atoms. The third-order valence-corrected chi connectivity index (χ3v) is 6.76. The van der Waals surface area contributed by atoms with Gasteiger partial charge in [-0.05, 0) is 24.5 Å². The minimum Gasteiger partial charge on any atom is -0.394 e. The lowest BCUT2D eigenvalue weighted by Gasteiger charge is -2.28. The second-order valence-corrected chi connectivity index (χ2v) is 8.58. The minimum absolute atomic E-state index is 0.0776. The number of carbonyl (C=O) groups excluding carboxylic acids is 3. The van der Waals surface area contributed by atoms with Crippen molar-refractivity contribution in [3.05, 3.63) is 35.4 Å². The van der Waals surface area contributed by atoms with Crippen molar-refractivity contribution < 1.29 is 19.5 Å². The zero-order valence-electron chi connectivity index (χ0n) is 16.3. The van der Waals surface area contributed by atoms with E-state index in [0.717, 1.165) is 5.56 Å². The highest BCUT2D eigenvalue weighted by molar-refractivity contribution is 7.99. The van der Waals surface area contributed by atoms with Crippen LogP contribution in [0.4, 0.5) is 0 Å². The number of aliphatic hydroxyl groups excluding tert-OH is 1. The van der Waals surface area contributed by atoms with Crippen molar-refractivity contribution >= 4 is 29.5 Å². The highest BCUT2D eigenvalue weighted by atomic mass is 32.2. The number of aliphatic hydroxyl groups is 1. The molecule has 3 rings (SSSR count). The Morgan fingerprint density at radius 1 is 1.29 bits per heavy atom. The highest BCUT2D eigenvalue weighted by Crippen LogP contribution is 2.48. The molecule has 2 unspecified atom stereocenters. The third kappa shape index (κ3) is 3.75. The smallest absolute Gasteiger partial charge is 0.256 e. The van der Waals surface area contributed by atoms with E-state index in [2.05, 4.69) is 10.6 Å². The number of thioether (sulfide) groups is 1. The number of hydrogen-bond acceptors (Lipinski definition) is 5. The van der Waals surface area contributed by atoms with Crippen LogP contribution in [0.25, 0.3) is 0 Å². The van der Waals surface area contributed by atoms with E-state index in [1.165, 1.54) is 0 Å². The molecule has 152 valence electrons. The van der Waals surface area contributed by atoms with Crippen LogP contribution in [-0.2, 0) is 9.59 Å². The summed E-state index contributed by atoms with van der Waals surface area (Å²) in [6, 6.07) is 5.73. The summed E-state index contributed by atoms with van der Waals surface area (Å²) in [5.41, 5.74) is 1.59. The molecule has 0 aromatic heterocycles. The van der Waals surface area contributed by atoms with Crippen LogP contribution < -0.4 is 10.6 Å². The van der Waals surface area contributed by atoms with Gasteiger partial charge in [-0.2, -0.15) is 0 Å². The molecule has 2 aliphatic heterocycles. The Bertz CT molecular complexity index is 772. The van der Waals surface area contributed by atoms with Gasteiger partial charge in [0.25, 0.3) is 5.91 Å². The summed E-state index contributed by atoms with van der Waals surface area (Å²) < 4.78 is 0. The minimum atomic E-state index is -0.712. The third-order valence-electron chi connectivity index (χ3n) is 5.45. The first kappa shape index (κ1) is 20.7. The fourth-order valence-electron chi connectivity index (χ4n) is 3.57. The van der Waals surface area contributed by atoms with Gasteiger partial charge in [-0.3, -0.25) is 14.4 Å². The Labute approximate surface area is 169 Å². The molecule has 0 radical (unpaired) electrons. The van der Waals surface area contributed by atoms with Gasteiger partial charge in [0.15, 0.2) is 0 Å². The molecule has 5 atom stereocenters. The lowest BCUT2D eigenvalue weighted by Crippen LogP contribution is -2.56. The lowest BCUT2D eigenvalue weighted by molar-refractivity contribution is -0.132. The second-order valence-electron chi connectivity index (χ2n) is 7.47. The number of fused-ring (bicyclic) bond motifs is 3. The van der Waals surface area contributed by atoms with Crippen LogP contribution in [0.3, 0.4) is 0 Å². The number of carbonyl (C=O) groups is 3. The number of nitrogens with one attached hydrogen (secondary N) is 2. The van der Waals surface area contributed by atoms with Crippen LogP contribution in [-0.4, -0.2) is 58.2 Å². The van der Waals surface area contributed by atoms with Crippen LogP contribution in [0.1, 0.15) is 48.5 Å². The summed E-state index contributed by atoms with van der Waals surface area (Å²) in [5, 5.41) is 14.6. The van der Waals surface area contributed by atoms with Gasteiger partial charge >= 0.3 is 0 Å². The van der Waals surface area contributed by atoms with Crippen molar-refractivity contribution in [2.45, 2.75) is 50.7 Å². The molecule has 0 saturated carbocycles. The Morgan fingerprint density at radius 3 is 2.68 bits per heavy atom. The van der Waals surface area contributed by atoms with Gasteiger partial charge in [0.2, 0.25) is 11.8 Å². The summed E-state index contributed by atoms with van der Waals surface area (Å²) in [5.74, 6) is -0.343. The monoisotopic (exact) mass is 405 g/mol. The molecule has 0 bridgehead atoms. The molecule has 28 heavy (non-hydrogen) atoms. The molecule has 1 saturated heterocycles. The van der Waals surface area contributed by atoms with Crippen molar-refractivity contribution in [1.82, 2.24) is 15.5 Å². The molecule has 8 heteroatoms. The Hall–Kier alpha value is -2.06. The normalized spacial score (nSPS) is 23.6. The number of amides is 3. The SMILES string of the molecule is CCC(C)[C@H](NC(=O)[C@@H]1CSC2c3ccccc3C(=O)N21)C(=O)N[C@@H](C)CO. The largest absolute Gasteiger partial charge is 0.394 e. The zero-order valence-corrected chi connectivity index (χ0v) is 17.2. The van der Waals surface area contributed by atoms with E-state index < -0.39 is 18.1 Å². The Kier molecular flexibility index (Phi) is 6.30. The second kappa shape index (κ2) is 8.53. The van der Waals surface area contributed by atoms with E-state index in [-0.39, 0.29) is 35.6 Å². The van der Waals surface area contributed by atoms with Crippen LogP contribution in [0, 0.1) is 5.92 Å². The van der Waals surface area contributed by atoms with Crippen molar-refractivity contribution in [2.75, 3.05) is 12.4 Å². The maximum absolute atomic E-state index is 13.0. The summed E-state index contributed by atoms with van der Waals surface area (Å²) in [6.45, 7) is 5.38. The molecule has 3 amide bonds. The van der Waals surface area contributed by atoms with Gasteiger partial charge < -0.3 is 20.6 Å². The first-order valence-corrected chi connectivity index (χ1v) is 10.7. The molecule has 2 heterocycles. The van der Waals surface area contributed by atoms with Crippen molar-refractivity contribution in [3.8, 4) is 0 Å². The fraction of sp³-hybridized carbons (Fsp3) is 0.550. The maximum atomic E-state index is 13.0.